The molecule has 0 saturated carbocycles. The summed E-state index contributed by atoms with van der Waals surface area (Å²) in [5.41, 5.74) is 3.78. The normalized spacial score (nSPS) is 10.6. The highest BCUT2D eigenvalue weighted by Crippen LogP contribution is 2.21. The first-order valence-corrected chi connectivity index (χ1v) is 6.63. The summed E-state index contributed by atoms with van der Waals surface area (Å²) < 4.78 is 1.74. The van der Waals surface area contributed by atoms with Crippen LogP contribution in [0, 0.1) is 0 Å². The number of hydrogen-bond acceptors (Lipinski definition) is 4. The Morgan fingerprint density at radius 1 is 0.952 bits per heavy atom. The molecule has 3 rings (SSSR count). The number of aromatic nitrogens is 3. The molecule has 106 valence electrons. The Hall–Kier alpha value is -2.82. The van der Waals surface area contributed by atoms with E-state index in [1.165, 1.54) is 0 Å². The van der Waals surface area contributed by atoms with E-state index in [-0.39, 0.29) is 5.75 Å². The fourth-order valence-corrected chi connectivity index (χ4v) is 2.06. The summed E-state index contributed by atoms with van der Waals surface area (Å²) >= 11 is 0. The van der Waals surface area contributed by atoms with Crippen LogP contribution in [0.4, 0.5) is 5.69 Å². The van der Waals surface area contributed by atoms with Gasteiger partial charge in [-0.2, -0.15) is 0 Å². The van der Waals surface area contributed by atoms with E-state index in [1.807, 2.05) is 61.6 Å². The van der Waals surface area contributed by atoms with Crippen molar-refractivity contribution in [2.75, 3.05) is 19.0 Å². The van der Waals surface area contributed by atoms with E-state index in [9.17, 15) is 5.11 Å². The predicted octanol–water partition coefficient (Wildman–Crippen LogP) is 2.71. The lowest BCUT2D eigenvalue weighted by Crippen LogP contribution is -2.08. The van der Waals surface area contributed by atoms with Crippen molar-refractivity contribution in [1.82, 2.24) is 15.0 Å². The second-order valence-corrected chi connectivity index (χ2v) is 5.01. The van der Waals surface area contributed by atoms with Crippen LogP contribution in [0.1, 0.15) is 0 Å². The van der Waals surface area contributed by atoms with E-state index in [1.54, 1.807) is 16.8 Å². The molecule has 0 amide bonds. The molecule has 0 atom stereocenters. The van der Waals surface area contributed by atoms with E-state index >= 15 is 0 Å². The SMILES string of the molecule is CN(C)c1ccc(-n2cc(-c3ccc(O)cc3)nn2)cc1. The van der Waals surface area contributed by atoms with Crippen LogP contribution in [0.25, 0.3) is 16.9 Å². The summed E-state index contributed by atoms with van der Waals surface area (Å²) in [5.74, 6) is 0.241. The molecule has 2 aromatic carbocycles. The fraction of sp³-hybridized carbons (Fsp3) is 0.125. The van der Waals surface area contributed by atoms with Gasteiger partial charge in [-0.15, -0.1) is 5.10 Å². The second-order valence-electron chi connectivity index (χ2n) is 5.01. The molecule has 0 spiro atoms. The lowest BCUT2D eigenvalue weighted by Gasteiger charge is -2.12. The molecule has 0 fully saturated rings. The molecule has 0 unspecified atom stereocenters. The Bertz CT molecular complexity index is 730. The van der Waals surface area contributed by atoms with Gasteiger partial charge in [-0.1, -0.05) is 5.21 Å². The first kappa shape index (κ1) is 13.2. The molecule has 3 aromatic rings. The van der Waals surface area contributed by atoms with Crippen molar-refractivity contribution < 1.29 is 5.11 Å². The first-order valence-electron chi connectivity index (χ1n) is 6.63. The maximum Gasteiger partial charge on any atom is 0.115 e. The third kappa shape index (κ3) is 2.72. The summed E-state index contributed by atoms with van der Waals surface area (Å²) in [6, 6.07) is 15.0. The summed E-state index contributed by atoms with van der Waals surface area (Å²) in [4.78, 5) is 2.05. The van der Waals surface area contributed by atoms with Crippen LogP contribution in [0.15, 0.2) is 54.7 Å². The Labute approximate surface area is 123 Å². The third-order valence-electron chi connectivity index (χ3n) is 3.29. The van der Waals surface area contributed by atoms with Gasteiger partial charge in [0.25, 0.3) is 0 Å². The van der Waals surface area contributed by atoms with Crippen molar-refractivity contribution in [3.63, 3.8) is 0 Å². The van der Waals surface area contributed by atoms with Crippen LogP contribution >= 0.6 is 0 Å². The van der Waals surface area contributed by atoms with E-state index in [0.717, 1.165) is 22.6 Å². The number of anilines is 1. The number of hydrogen-bond donors (Lipinski definition) is 1. The lowest BCUT2D eigenvalue weighted by molar-refractivity contribution is 0.475. The van der Waals surface area contributed by atoms with Crippen molar-refractivity contribution in [2.24, 2.45) is 0 Å². The zero-order valence-electron chi connectivity index (χ0n) is 11.9. The minimum atomic E-state index is 0.241. The monoisotopic (exact) mass is 280 g/mol. The highest BCUT2D eigenvalue weighted by molar-refractivity contribution is 5.59. The summed E-state index contributed by atoms with van der Waals surface area (Å²) in [6.45, 7) is 0. The van der Waals surface area contributed by atoms with Crippen LogP contribution in [-0.2, 0) is 0 Å². The highest BCUT2D eigenvalue weighted by Gasteiger charge is 2.05. The number of nitrogens with zero attached hydrogens (tertiary/aromatic N) is 4. The van der Waals surface area contributed by atoms with Gasteiger partial charge >= 0.3 is 0 Å². The van der Waals surface area contributed by atoms with Crippen molar-refractivity contribution in [3.8, 4) is 22.7 Å². The van der Waals surface area contributed by atoms with E-state index in [2.05, 4.69) is 10.3 Å². The number of rotatable bonds is 3. The molecule has 0 bridgehead atoms. The second kappa shape index (κ2) is 5.28. The van der Waals surface area contributed by atoms with Gasteiger partial charge < -0.3 is 10.0 Å². The molecule has 0 saturated heterocycles. The molecular weight excluding hydrogens is 264 g/mol. The van der Waals surface area contributed by atoms with E-state index in [0.29, 0.717) is 0 Å². The molecule has 5 heteroatoms. The third-order valence-corrected chi connectivity index (χ3v) is 3.29. The largest absolute Gasteiger partial charge is 0.508 e. The Balaban J connectivity index is 1.89. The van der Waals surface area contributed by atoms with Gasteiger partial charge in [-0.3, -0.25) is 0 Å². The standard InChI is InChI=1S/C16H16N4O/c1-19(2)13-5-7-14(8-6-13)20-11-16(17-18-20)12-3-9-15(21)10-4-12/h3-11,21H,1-2H3. The average Bonchev–Trinajstić information content (AvgIpc) is 2.98. The summed E-state index contributed by atoms with van der Waals surface area (Å²) in [5, 5.41) is 17.6. The van der Waals surface area contributed by atoms with Gasteiger partial charge in [0.2, 0.25) is 0 Å². The maximum absolute atomic E-state index is 9.31. The molecule has 5 nitrogen and oxygen atoms in total. The minimum absolute atomic E-state index is 0.241. The van der Waals surface area contributed by atoms with Crippen LogP contribution in [0.2, 0.25) is 0 Å². The van der Waals surface area contributed by atoms with E-state index < -0.39 is 0 Å². The first-order chi connectivity index (χ1) is 10.1. The van der Waals surface area contributed by atoms with Crippen molar-refractivity contribution in [3.05, 3.63) is 54.7 Å². The highest BCUT2D eigenvalue weighted by atomic mass is 16.3. The van der Waals surface area contributed by atoms with E-state index in [4.69, 9.17) is 0 Å². The quantitative estimate of drug-likeness (QED) is 0.801. The topological polar surface area (TPSA) is 54.2 Å². The molecule has 1 N–H and O–H groups in total. The smallest absolute Gasteiger partial charge is 0.115 e. The van der Waals surface area contributed by atoms with Crippen molar-refractivity contribution in [2.45, 2.75) is 0 Å². The van der Waals surface area contributed by atoms with Crippen LogP contribution < -0.4 is 4.90 Å². The number of benzene rings is 2. The van der Waals surface area contributed by atoms with Gasteiger partial charge in [-0.05, 0) is 48.5 Å². The van der Waals surface area contributed by atoms with Gasteiger partial charge in [0.15, 0.2) is 0 Å². The number of phenols is 1. The molecule has 0 radical (unpaired) electrons. The zero-order chi connectivity index (χ0) is 14.8. The minimum Gasteiger partial charge on any atom is -0.508 e. The van der Waals surface area contributed by atoms with Crippen molar-refractivity contribution >= 4 is 5.69 Å². The summed E-state index contributed by atoms with van der Waals surface area (Å²) in [6.07, 6.45) is 1.87. The Morgan fingerprint density at radius 3 is 2.24 bits per heavy atom. The molecule has 1 heterocycles. The molecular formula is C16H16N4O. The Kier molecular flexibility index (Phi) is 3.31. The summed E-state index contributed by atoms with van der Waals surface area (Å²) in [7, 11) is 4.01. The molecule has 0 aliphatic carbocycles. The fourth-order valence-electron chi connectivity index (χ4n) is 2.06. The average molecular weight is 280 g/mol. The van der Waals surface area contributed by atoms with Gasteiger partial charge in [-0.25, -0.2) is 4.68 Å². The molecule has 21 heavy (non-hydrogen) atoms. The lowest BCUT2D eigenvalue weighted by atomic mass is 10.2. The van der Waals surface area contributed by atoms with Crippen LogP contribution in [0.3, 0.4) is 0 Å². The van der Waals surface area contributed by atoms with Gasteiger partial charge in [0.05, 0.1) is 11.9 Å². The van der Waals surface area contributed by atoms with Crippen LogP contribution in [-0.4, -0.2) is 34.2 Å². The number of phenolic OH excluding ortho intramolecular Hbond substituents is 1. The van der Waals surface area contributed by atoms with Crippen molar-refractivity contribution in [1.29, 1.82) is 0 Å². The molecule has 0 aliphatic heterocycles. The molecule has 1 aromatic heterocycles. The van der Waals surface area contributed by atoms with Gasteiger partial charge in [0.1, 0.15) is 11.4 Å². The Morgan fingerprint density at radius 2 is 1.62 bits per heavy atom. The van der Waals surface area contributed by atoms with Crippen LogP contribution in [0.5, 0.6) is 5.75 Å². The van der Waals surface area contributed by atoms with Gasteiger partial charge in [0, 0.05) is 25.3 Å². The predicted molar refractivity (Wildman–Crippen MR) is 82.8 cm³/mol. The zero-order valence-corrected chi connectivity index (χ0v) is 11.9. The number of aromatic hydroxyl groups is 1. The molecule has 0 aliphatic rings. The maximum atomic E-state index is 9.31.